The Labute approximate surface area is 143 Å². The van der Waals surface area contributed by atoms with Crippen LogP contribution in [0, 0.1) is 6.92 Å². The van der Waals surface area contributed by atoms with E-state index >= 15 is 0 Å². The van der Waals surface area contributed by atoms with E-state index in [4.69, 9.17) is 0 Å². The van der Waals surface area contributed by atoms with Gasteiger partial charge in [0.15, 0.2) is 5.78 Å². The number of amides is 1. The molecule has 4 nitrogen and oxygen atoms in total. The third kappa shape index (κ3) is 3.69. The molecule has 1 saturated carbocycles. The second-order valence-corrected chi connectivity index (χ2v) is 6.99. The molecule has 2 aliphatic rings. The van der Waals surface area contributed by atoms with Crippen molar-refractivity contribution < 1.29 is 9.59 Å². The number of aryl methyl sites for hydroxylation is 1. The smallest absolute Gasteiger partial charge is 0.251 e. The Balaban J connectivity index is 1.68. The Morgan fingerprint density at radius 3 is 2.46 bits per heavy atom. The van der Waals surface area contributed by atoms with Crippen LogP contribution in [0.15, 0.2) is 29.5 Å². The second kappa shape index (κ2) is 7.20. The SMILES string of the molecule is CC1=C(Nc2ccc(C(=O)NC3CCCCC3)cc2C)CCC1=O. The summed E-state index contributed by atoms with van der Waals surface area (Å²) >= 11 is 0. The summed E-state index contributed by atoms with van der Waals surface area (Å²) < 4.78 is 0. The van der Waals surface area contributed by atoms with Crippen LogP contribution >= 0.6 is 0 Å². The van der Waals surface area contributed by atoms with Crippen LogP contribution in [0.2, 0.25) is 0 Å². The highest BCUT2D eigenvalue weighted by Crippen LogP contribution is 2.26. The number of hydrogen-bond acceptors (Lipinski definition) is 3. The molecule has 1 amide bonds. The summed E-state index contributed by atoms with van der Waals surface area (Å²) in [6.45, 7) is 3.87. The number of allylic oxidation sites excluding steroid dienone is 2. The highest BCUT2D eigenvalue weighted by molar-refractivity contribution is 5.99. The number of carbonyl (C=O) groups is 2. The van der Waals surface area contributed by atoms with Crippen molar-refractivity contribution in [2.75, 3.05) is 5.32 Å². The number of ketones is 1. The van der Waals surface area contributed by atoms with Gasteiger partial charge in [0.1, 0.15) is 0 Å². The van der Waals surface area contributed by atoms with Gasteiger partial charge in [0.2, 0.25) is 0 Å². The van der Waals surface area contributed by atoms with E-state index in [0.29, 0.717) is 18.0 Å². The van der Waals surface area contributed by atoms with Crippen molar-refractivity contribution in [1.29, 1.82) is 0 Å². The summed E-state index contributed by atoms with van der Waals surface area (Å²) in [4.78, 5) is 24.1. The Kier molecular flexibility index (Phi) is 5.03. The molecule has 0 atom stereocenters. The third-order valence-corrected chi connectivity index (χ3v) is 5.19. The summed E-state index contributed by atoms with van der Waals surface area (Å²) in [7, 11) is 0. The molecule has 0 heterocycles. The van der Waals surface area contributed by atoms with E-state index in [2.05, 4.69) is 10.6 Å². The zero-order valence-corrected chi connectivity index (χ0v) is 14.6. The molecule has 0 radical (unpaired) electrons. The number of rotatable bonds is 4. The van der Waals surface area contributed by atoms with Gasteiger partial charge >= 0.3 is 0 Å². The molecule has 3 rings (SSSR count). The minimum atomic E-state index is 0.0167. The summed E-state index contributed by atoms with van der Waals surface area (Å²) in [5, 5.41) is 6.52. The maximum atomic E-state index is 12.4. The molecule has 2 aliphatic carbocycles. The molecule has 0 spiro atoms. The van der Waals surface area contributed by atoms with Crippen LogP contribution in [0.1, 0.15) is 67.8 Å². The largest absolute Gasteiger partial charge is 0.358 e. The number of carbonyl (C=O) groups excluding carboxylic acids is 2. The Bertz CT molecular complexity index is 685. The highest BCUT2D eigenvalue weighted by Gasteiger charge is 2.20. The highest BCUT2D eigenvalue weighted by atomic mass is 16.1. The summed E-state index contributed by atoms with van der Waals surface area (Å²) in [5.41, 5.74) is 4.52. The fourth-order valence-corrected chi connectivity index (χ4v) is 3.56. The van der Waals surface area contributed by atoms with Crippen LogP contribution in [0.4, 0.5) is 5.69 Å². The predicted molar refractivity (Wildman–Crippen MR) is 96.1 cm³/mol. The topological polar surface area (TPSA) is 58.2 Å². The number of anilines is 1. The van der Waals surface area contributed by atoms with Crippen LogP contribution in [-0.2, 0) is 4.79 Å². The molecule has 0 aliphatic heterocycles. The Morgan fingerprint density at radius 2 is 1.83 bits per heavy atom. The fourth-order valence-electron chi connectivity index (χ4n) is 3.56. The van der Waals surface area contributed by atoms with Crippen LogP contribution in [-0.4, -0.2) is 17.7 Å². The Hall–Kier alpha value is -2.10. The Morgan fingerprint density at radius 1 is 1.08 bits per heavy atom. The monoisotopic (exact) mass is 326 g/mol. The van der Waals surface area contributed by atoms with Gasteiger partial charge in [-0.2, -0.15) is 0 Å². The van der Waals surface area contributed by atoms with Gasteiger partial charge in [-0.15, -0.1) is 0 Å². The normalized spacial score (nSPS) is 18.8. The van der Waals surface area contributed by atoms with Gasteiger partial charge < -0.3 is 10.6 Å². The van der Waals surface area contributed by atoms with Crippen molar-refractivity contribution in [1.82, 2.24) is 5.32 Å². The van der Waals surface area contributed by atoms with E-state index in [9.17, 15) is 9.59 Å². The van der Waals surface area contributed by atoms with Crippen LogP contribution < -0.4 is 10.6 Å². The summed E-state index contributed by atoms with van der Waals surface area (Å²) in [5.74, 6) is 0.238. The first-order valence-corrected chi connectivity index (χ1v) is 8.96. The molecule has 24 heavy (non-hydrogen) atoms. The first-order chi connectivity index (χ1) is 11.5. The van der Waals surface area contributed by atoms with E-state index in [1.54, 1.807) is 0 Å². The number of hydrogen-bond donors (Lipinski definition) is 2. The van der Waals surface area contributed by atoms with Crippen molar-refractivity contribution >= 4 is 17.4 Å². The van der Waals surface area contributed by atoms with Gasteiger partial charge in [0.05, 0.1) is 0 Å². The van der Waals surface area contributed by atoms with Gasteiger partial charge in [0, 0.05) is 35.0 Å². The molecular weight excluding hydrogens is 300 g/mol. The van der Waals surface area contributed by atoms with Gasteiger partial charge in [-0.3, -0.25) is 9.59 Å². The van der Waals surface area contributed by atoms with E-state index in [0.717, 1.165) is 41.8 Å². The van der Waals surface area contributed by atoms with E-state index in [-0.39, 0.29) is 11.7 Å². The van der Waals surface area contributed by atoms with Crippen molar-refractivity contribution in [3.63, 3.8) is 0 Å². The molecule has 128 valence electrons. The number of benzene rings is 1. The molecule has 1 aromatic carbocycles. The predicted octanol–water partition coefficient (Wildman–Crippen LogP) is 4.11. The fraction of sp³-hybridized carbons (Fsp3) is 0.500. The lowest BCUT2D eigenvalue weighted by Gasteiger charge is -2.23. The lowest BCUT2D eigenvalue weighted by molar-refractivity contribution is -0.114. The zero-order chi connectivity index (χ0) is 17.1. The maximum absolute atomic E-state index is 12.4. The summed E-state index contributed by atoms with van der Waals surface area (Å²) in [6, 6.07) is 6.04. The van der Waals surface area contributed by atoms with E-state index < -0.39 is 0 Å². The van der Waals surface area contributed by atoms with Crippen LogP contribution in [0.25, 0.3) is 0 Å². The summed E-state index contributed by atoms with van der Waals surface area (Å²) in [6.07, 6.45) is 7.24. The van der Waals surface area contributed by atoms with E-state index in [1.807, 2.05) is 32.0 Å². The lowest BCUT2D eigenvalue weighted by Crippen LogP contribution is -2.36. The maximum Gasteiger partial charge on any atom is 0.251 e. The van der Waals surface area contributed by atoms with Crippen LogP contribution in [0.5, 0.6) is 0 Å². The lowest BCUT2D eigenvalue weighted by atomic mass is 9.95. The molecule has 4 heteroatoms. The molecule has 0 unspecified atom stereocenters. The molecule has 1 fully saturated rings. The molecule has 0 bridgehead atoms. The van der Waals surface area contributed by atoms with Crippen molar-refractivity contribution in [3.8, 4) is 0 Å². The first-order valence-electron chi connectivity index (χ1n) is 8.96. The second-order valence-electron chi connectivity index (χ2n) is 6.99. The third-order valence-electron chi connectivity index (χ3n) is 5.19. The minimum Gasteiger partial charge on any atom is -0.358 e. The molecule has 1 aromatic rings. The van der Waals surface area contributed by atoms with Crippen molar-refractivity contribution in [2.24, 2.45) is 0 Å². The first kappa shape index (κ1) is 16.7. The van der Waals surface area contributed by atoms with Gasteiger partial charge in [-0.25, -0.2) is 0 Å². The minimum absolute atomic E-state index is 0.0167. The number of nitrogens with one attached hydrogen (secondary N) is 2. The standard InChI is InChI=1S/C20H26N2O2/c1-13-12-15(20(24)21-16-6-4-3-5-7-16)8-9-17(13)22-18-10-11-19(23)14(18)2/h8-9,12,16,22H,3-7,10-11H2,1-2H3,(H,21,24). The van der Waals surface area contributed by atoms with Gasteiger partial charge in [-0.05, 0) is 56.9 Å². The molecular formula is C20H26N2O2. The molecule has 2 N–H and O–H groups in total. The van der Waals surface area contributed by atoms with E-state index in [1.165, 1.54) is 19.3 Å². The zero-order valence-electron chi connectivity index (χ0n) is 14.6. The quantitative estimate of drug-likeness (QED) is 0.875. The van der Waals surface area contributed by atoms with Crippen molar-refractivity contribution in [2.45, 2.75) is 64.8 Å². The van der Waals surface area contributed by atoms with Crippen molar-refractivity contribution in [3.05, 3.63) is 40.6 Å². The van der Waals surface area contributed by atoms with Crippen LogP contribution in [0.3, 0.4) is 0 Å². The number of Topliss-reactive ketones (excluding diaryl/α,β-unsaturated/α-hetero) is 1. The van der Waals surface area contributed by atoms with Gasteiger partial charge in [-0.1, -0.05) is 19.3 Å². The molecule has 0 aromatic heterocycles. The average Bonchev–Trinajstić information content (AvgIpc) is 2.89. The molecule has 0 saturated heterocycles. The average molecular weight is 326 g/mol. The van der Waals surface area contributed by atoms with Gasteiger partial charge in [0.25, 0.3) is 5.91 Å².